The van der Waals surface area contributed by atoms with Crippen molar-refractivity contribution in [1.29, 1.82) is 0 Å². The third-order valence-corrected chi connectivity index (χ3v) is 3.69. The second-order valence-electron chi connectivity index (χ2n) is 4.28. The van der Waals surface area contributed by atoms with Crippen molar-refractivity contribution in [3.8, 4) is 0 Å². The zero-order valence-corrected chi connectivity index (χ0v) is 10.8. The topological polar surface area (TPSA) is 38.7 Å². The van der Waals surface area contributed by atoms with E-state index in [0.717, 1.165) is 0 Å². The van der Waals surface area contributed by atoms with E-state index in [2.05, 4.69) is 0 Å². The quantitative estimate of drug-likeness (QED) is 0.755. The first-order chi connectivity index (χ1) is 6.31. The lowest BCUT2D eigenvalue weighted by molar-refractivity contribution is -0.00852. The summed E-state index contributed by atoms with van der Waals surface area (Å²) >= 11 is 5.17. The Bertz CT molecular complexity index is 240. The van der Waals surface area contributed by atoms with Crippen LogP contribution in [-0.4, -0.2) is 43.4 Å². The highest BCUT2D eigenvalue weighted by Gasteiger charge is 2.38. The first-order valence-corrected chi connectivity index (χ1v) is 8.46. The molecule has 84 valence electrons. The Morgan fingerprint density at radius 2 is 2.00 bits per heavy atom. The maximum absolute atomic E-state index is 9.80. The molecular formula is C9H19O3PS. The Morgan fingerprint density at radius 3 is 2.36 bits per heavy atom. The van der Waals surface area contributed by atoms with Crippen LogP contribution >= 0.6 is 6.26 Å². The van der Waals surface area contributed by atoms with Crippen LogP contribution in [0.3, 0.4) is 0 Å². The molecule has 0 aromatic heterocycles. The van der Waals surface area contributed by atoms with Crippen molar-refractivity contribution in [2.24, 2.45) is 5.92 Å². The van der Waals surface area contributed by atoms with Gasteiger partial charge in [-0.05, 0) is 20.3 Å². The van der Waals surface area contributed by atoms with E-state index in [0.29, 0.717) is 6.61 Å². The van der Waals surface area contributed by atoms with Gasteiger partial charge in [0, 0.05) is 5.92 Å². The van der Waals surface area contributed by atoms with Gasteiger partial charge in [-0.1, -0.05) is 18.7 Å². The molecule has 1 aliphatic rings. The van der Waals surface area contributed by atoms with Crippen LogP contribution in [-0.2, 0) is 21.1 Å². The lowest BCUT2D eigenvalue weighted by Crippen LogP contribution is -2.29. The van der Waals surface area contributed by atoms with Crippen molar-refractivity contribution in [2.75, 3.05) is 19.9 Å². The molecule has 4 atom stereocenters. The van der Waals surface area contributed by atoms with E-state index in [9.17, 15) is 5.11 Å². The van der Waals surface area contributed by atoms with Crippen LogP contribution in [0.25, 0.3) is 0 Å². The Hall–Kier alpha value is 0.530. The van der Waals surface area contributed by atoms with E-state index in [1.54, 1.807) is 0 Å². The number of hydrogen-bond acceptors (Lipinski definition) is 4. The molecule has 1 aliphatic heterocycles. The second-order valence-corrected chi connectivity index (χ2v) is 9.68. The van der Waals surface area contributed by atoms with Crippen LogP contribution in [0, 0.1) is 5.92 Å². The number of aliphatic hydroxyl groups excluding tert-OH is 1. The number of hydrogen-bond donors (Lipinski definition) is 1. The van der Waals surface area contributed by atoms with Gasteiger partial charge >= 0.3 is 0 Å². The van der Waals surface area contributed by atoms with Crippen molar-refractivity contribution in [2.45, 2.75) is 32.2 Å². The molecule has 5 heteroatoms. The summed E-state index contributed by atoms with van der Waals surface area (Å²) in [4.78, 5) is 0. The summed E-state index contributed by atoms with van der Waals surface area (Å²) in [7, 11) is 0. The summed E-state index contributed by atoms with van der Waals surface area (Å²) in [5.74, 6) is 0.176. The number of rotatable bonds is 3. The summed E-state index contributed by atoms with van der Waals surface area (Å²) in [5.41, 5.74) is 0. The molecule has 1 heterocycles. The third kappa shape index (κ3) is 3.28. The van der Waals surface area contributed by atoms with Gasteiger partial charge in [0.15, 0.2) is 0 Å². The largest absolute Gasteiger partial charge is 0.390 e. The molecule has 0 spiro atoms. The summed E-state index contributed by atoms with van der Waals surface area (Å²) in [6.07, 6.45) is -2.17. The van der Waals surface area contributed by atoms with Crippen molar-refractivity contribution in [3.05, 3.63) is 0 Å². The van der Waals surface area contributed by atoms with E-state index < -0.39 is 12.4 Å². The average Bonchev–Trinajstić information content (AvgIpc) is 2.28. The van der Waals surface area contributed by atoms with Gasteiger partial charge < -0.3 is 14.4 Å². The number of aliphatic hydroxyl groups is 1. The summed E-state index contributed by atoms with van der Waals surface area (Å²) in [6.45, 7) is 8.23. The molecule has 0 saturated carbocycles. The predicted molar refractivity (Wildman–Crippen MR) is 61.6 cm³/mol. The molecular weight excluding hydrogens is 219 g/mol. The van der Waals surface area contributed by atoms with E-state index in [-0.39, 0.29) is 18.1 Å². The van der Waals surface area contributed by atoms with E-state index in [1.165, 1.54) is 0 Å². The van der Waals surface area contributed by atoms with Gasteiger partial charge in [-0.15, -0.1) is 0 Å². The van der Waals surface area contributed by atoms with Crippen molar-refractivity contribution in [1.82, 2.24) is 0 Å². The van der Waals surface area contributed by atoms with Gasteiger partial charge in [-0.2, -0.15) is 0 Å². The Labute approximate surface area is 90.9 Å². The van der Waals surface area contributed by atoms with Gasteiger partial charge in [0.25, 0.3) is 0 Å². The van der Waals surface area contributed by atoms with Crippen LogP contribution in [0.2, 0.25) is 0 Å². The SMILES string of the molecule is CC1[C@H](C)O[C@H](COP(C)(C)=S)[C@@H]1O. The molecule has 1 fully saturated rings. The fraction of sp³-hybridized carbons (Fsp3) is 1.00. The van der Waals surface area contributed by atoms with E-state index in [4.69, 9.17) is 21.1 Å². The predicted octanol–water partition coefficient (Wildman–Crippen LogP) is 1.44. The Balaban J connectivity index is 2.44. The highest BCUT2D eigenvalue weighted by Crippen LogP contribution is 2.39. The van der Waals surface area contributed by atoms with E-state index in [1.807, 2.05) is 27.2 Å². The Kier molecular flexibility index (Phi) is 4.12. The van der Waals surface area contributed by atoms with Crippen LogP contribution in [0.15, 0.2) is 0 Å². The van der Waals surface area contributed by atoms with Gasteiger partial charge in [0.1, 0.15) is 6.10 Å². The molecule has 0 aromatic rings. The number of ether oxygens (including phenoxy) is 1. The van der Waals surface area contributed by atoms with Gasteiger partial charge in [-0.3, -0.25) is 0 Å². The minimum Gasteiger partial charge on any atom is -0.390 e. The minimum absolute atomic E-state index is 0.102. The molecule has 1 unspecified atom stereocenters. The first kappa shape index (κ1) is 12.6. The lowest BCUT2D eigenvalue weighted by Gasteiger charge is -2.18. The zero-order valence-electron chi connectivity index (χ0n) is 9.14. The first-order valence-electron chi connectivity index (χ1n) is 4.84. The van der Waals surface area contributed by atoms with Crippen LogP contribution in [0.5, 0.6) is 0 Å². The molecule has 1 saturated heterocycles. The van der Waals surface area contributed by atoms with Crippen LogP contribution in [0.1, 0.15) is 13.8 Å². The van der Waals surface area contributed by atoms with Crippen molar-refractivity contribution >= 4 is 18.1 Å². The molecule has 1 rings (SSSR count). The standard InChI is InChI=1S/C9H19O3PS/c1-6-7(2)12-8(9(6)10)5-11-13(3,4)14/h6-10H,5H2,1-4H3/t6?,7-,8+,9+/m0/s1. The van der Waals surface area contributed by atoms with Crippen molar-refractivity contribution < 1.29 is 14.4 Å². The summed E-state index contributed by atoms with van der Waals surface area (Å²) < 4.78 is 11.1. The van der Waals surface area contributed by atoms with Gasteiger partial charge in [-0.25, -0.2) is 0 Å². The second kappa shape index (κ2) is 4.58. The highest BCUT2D eigenvalue weighted by atomic mass is 32.4. The highest BCUT2D eigenvalue weighted by molar-refractivity contribution is 8.11. The van der Waals surface area contributed by atoms with Gasteiger partial charge in [0.2, 0.25) is 0 Å². The third-order valence-electron chi connectivity index (χ3n) is 2.60. The molecule has 0 radical (unpaired) electrons. The maximum Gasteiger partial charge on any atom is 0.108 e. The molecule has 0 bridgehead atoms. The molecule has 14 heavy (non-hydrogen) atoms. The molecule has 3 nitrogen and oxygen atoms in total. The minimum atomic E-state index is -1.64. The Morgan fingerprint density at radius 1 is 1.43 bits per heavy atom. The molecule has 1 N–H and O–H groups in total. The van der Waals surface area contributed by atoms with Crippen LogP contribution < -0.4 is 0 Å². The smallest absolute Gasteiger partial charge is 0.108 e. The lowest BCUT2D eigenvalue weighted by atomic mass is 10.00. The van der Waals surface area contributed by atoms with Crippen LogP contribution in [0.4, 0.5) is 0 Å². The fourth-order valence-electron chi connectivity index (χ4n) is 1.49. The zero-order chi connectivity index (χ0) is 10.9. The monoisotopic (exact) mass is 238 g/mol. The summed E-state index contributed by atoms with van der Waals surface area (Å²) in [6, 6.07) is 0. The van der Waals surface area contributed by atoms with E-state index >= 15 is 0 Å². The molecule has 0 aromatic carbocycles. The molecule has 0 aliphatic carbocycles. The fourth-order valence-corrected chi connectivity index (χ4v) is 2.18. The molecule has 0 amide bonds. The normalized spacial score (nSPS) is 38.9. The summed E-state index contributed by atoms with van der Waals surface area (Å²) in [5, 5.41) is 9.80. The van der Waals surface area contributed by atoms with Gasteiger partial charge in [0.05, 0.1) is 25.1 Å². The maximum atomic E-state index is 9.80. The van der Waals surface area contributed by atoms with Crippen molar-refractivity contribution in [3.63, 3.8) is 0 Å². The average molecular weight is 238 g/mol.